The average molecular weight is 455 g/mol. The van der Waals surface area contributed by atoms with E-state index in [1.807, 2.05) is 42.6 Å². The average Bonchev–Trinajstić information content (AvgIpc) is 2.88. The third-order valence-electron chi connectivity index (χ3n) is 5.92. The number of nitrogen functional groups attached to an aromatic ring is 1. The third kappa shape index (κ3) is 4.97. The summed E-state index contributed by atoms with van der Waals surface area (Å²) < 4.78 is 5.43. The minimum absolute atomic E-state index is 0.160. The van der Waals surface area contributed by atoms with Crippen LogP contribution in [0.2, 0.25) is 0 Å². The molecule has 0 spiro atoms. The number of nitrogens with two attached hydrogens (primary N) is 1. The highest BCUT2D eigenvalue weighted by Gasteiger charge is 2.13. The van der Waals surface area contributed by atoms with Gasteiger partial charge in [0.05, 0.1) is 18.8 Å². The normalized spacial score (nSPS) is 13.7. The predicted molar refractivity (Wildman–Crippen MR) is 132 cm³/mol. The molecule has 1 saturated heterocycles. The van der Waals surface area contributed by atoms with Crippen LogP contribution in [0.25, 0.3) is 10.8 Å². The molecule has 4 aromatic rings. The van der Waals surface area contributed by atoms with E-state index in [0.29, 0.717) is 24.3 Å². The number of nitrogens with zero attached hydrogens (tertiary/aromatic N) is 4. The van der Waals surface area contributed by atoms with Crippen molar-refractivity contribution in [1.29, 1.82) is 0 Å². The van der Waals surface area contributed by atoms with Crippen molar-refractivity contribution in [3.63, 3.8) is 0 Å². The Morgan fingerprint density at radius 2 is 1.82 bits per heavy atom. The fraction of sp³-hybridized carbons (Fsp3) is 0.231. The molecule has 8 heteroatoms. The van der Waals surface area contributed by atoms with Gasteiger partial charge in [0, 0.05) is 49.8 Å². The first-order valence-corrected chi connectivity index (χ1v) is 11.3. The Morgan fingerprint density at radius 3 is 2.71 bits per heavy atom. The molecule has 1 amide bonds. The molecule has 1 aliphatic heterocycles. The molecule has 0 atom stereocenters. The minimum atomic E-state index is -0.160. The van der Waals surface area contributed by atoms with Gasteiger partial charge in [-0.05, 0) is 58.8 Å². The Labute approximate surface area is 197 Å². The zero-order valence-corrected chi connectivity index (χ0v) is 18.8. The van der Waals surface area contributed by atoms with Gasteiger partial charge in [-0.15, -0.1) is 0 Å². The number of amides is 1. The van der Waals surface area contributed by atoms with Gasteiger partial charge in [0.1, 0.15) is 11.6 Å². The maximum atomic E-state index is 12.8. The highest BCUT2D eigenvalue weighted by Crippen LogP contribution is 2.20. The molecule has 0 aliphatic carbocycles. The van der Waals surface area contributed by atoms with Gasteiger partial charge >= 0.3 is 0 Å². The van der Waals surface area contributed by atoms with Crippen LogP contribution >= 0.6 is 0 Å². The molecule has 3 N–H and O–H groups in total. The van der Waals surface area contributed by atoms with E-state index in [2.05, 4.69) is 31.2 Å². The lowest BCUT2D eigenvalue weighted by atomic mass is 10.1. The Bertz CT molecular complexity index is 1320. The highest BCUT2D eigenvalue weighted by molar-refractivity contribution is 5.94. The molecule has 0 unspecified atom stereocenters. The van der Waals surface area contributed by atoms with Gasteiger partial charge in [0.15, 0.2) is 0 Å². The van der Waals surface area contributed by atoms with E-state index in [-0.39, 0.29) is 5.91 Å². The van der Waals surface area contributed by atoms with Crippen LogP contribution < -0.4 is 16.0 Å². The number of fused-ring (bicyclic) bond motifs is 1. The second-order valence-corrected chi connectivity index (χ2v) is 8.31. The van der Waals surface area contributed by atoms with Crippen molar-refractivity contribution >= 4 is 28.3 Å². The van der Waals surface area contributed by atoms with Crippen molar-refractivity contribution in [1.82, 2.24) is 20.3 Å². The first-order chi connectivity index (χ1) is 16.7. The number of ether oxygens (including phenoxy) is 1. The number of hydrogen-bond acceptors (Lipinski definition) is 7. The number of nitrogens with one attached hydrogen (secondary N) is 1. The molecule has 172 valence electrons. The molecule has 5 rings (SSSR count). The zero-order chi connectivity index (χ0) is 23.3. The van der Waals surface area contributed by atoms with E-state index in [0.717, 1.165) is 59.6 Å². The quantitative estimate of drug-likeness (QED) is 0.461. The Hall–Kier alpha value is -4.04. The van der Waals surface area contributed by atoms with Crippen LogP contribution in [0.15, 0.2) is 67.3 Å². The topological polar surface area (TPSA) is 106 Å². The van der Waals surface area contributed by atoms with Gasteiger partial charge in [-0.25, -0.2) is 9.97 Å². The summed E-state index contributed by atoms with van der Waals surface area (Å²) in [5, 5.41) is 4.89. The van der Waals surface area contributed by atoms with Crippen LogP contribution in [-0.4, -0.2) is 47.2 Å². The van der Waals surface area contributed by atoms with Gasteiger partial charge in [-0.3, -0.25) is 9.78 Å². The summed E-state index contributed by atoms with van der Waals surface area (Å²) in [5.74, 6) is 1.30. The number of benzene rings is 1. The number of carbonyl (C=O) groups is 1. The fourth-order valence-corrected chi connectivity index (χ4v) is 4.13. The number of rotatable bonds is 6. The monoisotopic (exact) mass is 454 g/mol. The fourth-order valence-electron chi connectivity index (χ4n) is 4.13. The van der Waals surface area contributed by atoms with Crippen molar-refractivity contribution in [2.75, 3.05) is 36.9 Å². The zero-order valence-electron chi connectivity index (χ0n) is 18.8. The molecular formula is C26H26N6O2. The lowest BCUT2D eigenvalue weighted by Gasteiger charge is -2.28. The number of anilines is 2. The number of aromatic nitrogens is 3. The predicted octanol–water partition coefficient (Wildman–Crippen LogP) is 2.96. The van der Waals surface area contributed by atoms with E-state index in [1.165, 1.54) is 0 Å². The summed E-state index contributed by atoms with van der Waals surface area (Å²) in [7, 11) is 0. The summed E-state index contributed by atoms with van der Waals surface area (Å²) in [4.78, 5) is 27.9. The van der Waals surface area contributed by atoms with Crippen molar-refractivity contribution < 1.29 is 9.53 Å². The summed E-state index contributed by atoms with van der Waals surface area (Å²) in [6.45, 7) is 3.54. The standard InChI is InChI=1S/C26H26N6O2/c27-25-23-2-1-19(12-21(23)4-6-30-25)16-31-26(33)22-13-20(15-28-17-22)11-18-3-5-29-24(14-18)32-7-9-34-10-8-32/h1-6,12-15,17H,7-11,16H2,(H2,27,30)(H,31,33). The number of hydrogen-bond donors (Lipinski definition) is 2. The van der Waals surface area contributed by atoms with Crippen LogP contribution in [0.1, 0.15) is 27.0 Å². The van der Waals surface area contributed by atoms with Crippen molar-refractivity contribution in [3.8, 4) is 0 Å². The molecule has 0 bridgehead atoms. The molecular weight excluding hydrogens is 428 g/mol. The molecule has 1 aliphatic rings. The molecule has 8 nitrogen and oxygen atoms in total. The summed E-state index contributed by atoms with van der Waals surface area (Å²) in [5.41, 5.74) is 9.54. The van der Waals surface area contributed by atoms with Crippen molar-refractivity contribution in [2.45, 2.75) is 13.0 Å². The maximum Gasteiger partial charge on any atom is 0.253 e. The molecule has 3 aromatic heterocycles. The lowest BCUT2D eigenvalue weighted by molar-refractivity contribution is 0.0950. The van der Waals surface area contributed by atoms with E-state index in [9.17, 15) is 4.79 Å². The van der Waals surface area contributed by atoms with Gasteiger partial charge in [0.25, 0.3) is 5.91 Å². The van der Waals surface area contributed by atoms with E-state index in [1.54, 1.807) is 18.6 Å². The first kappa shape index (κ1) is 21.8. The second-order valence-electron chi connectivity index (χ2n) is 8.31. The largest absolute Gasteiger partial charge is 0.383 e. The molecule has 0 radical (unpaired) electrons. The SMILES string of the molecule is Nc1nccc2cc(CNC(=O)c3cncc(Cc4ccnc(N5CCOCC5)c4)c3)ccc12. The summed E-state index contributed by atoms with van der Waals surface area (Å²) in [6, 6.07) is 13.8. The number of morpholine rings is 1. The van der Waals surface area contributed by atoms with Crippen LogP contribution in [0.5, 0.6) is 0 Å². The first-order valence-electron chi connectivity index (χ1n) is 11.3. The smallest absolute Gasteiger partial charge is 0.253 e. The highest BCUT2D eigenvalue weighted by atomic mass is 16.5. The van der Waals surface area contributed by atoms with Crippen LogP contribution in [0.4, 0.5) is 11.6 Å². The molecule has 1 aromatic carbocycles. The van der Waals surface area contributed by atoms with Gasteiger partial charge < -0.3 is 20.7 Å². The molecule has 1 fully saturated rings. The Morgan fingerprint density at radius 1 is 0.971 bits per heavy atom. The van der Waals surface area contributed by atoms with E-state index >= 15 is 0 Å². The van der Waals surface area contributed by atoms with E-state index in [4.69, 9.17) is 10.5 Å². The minimum Gasteiger partial charge on any atom is -0.383 e. The van der Waals surface area contributed by atoms with Crippen LogP contribution in [-0.2, 0) is 17.7 Å². The second kappa shape index (κ2) is 9.84. The van der Waals surface area contributed by atoms with Gasteiger partial charge in [-0.2, -0.15) is 0 Å². The maximum absolute atomic E-state index is 12.8. The Kier molecular flexibility index (Phi) is 6.31. The number of carbonyl (C=O) groups excluding carboxylic acids is 1. The van der Waals surface area contributed by atoms with Crippen LogP contribution in [0.3, 0.4) is 0 Å². The third-order valence-corrected chi connectivity index (χ3v) is 5.92. The van der Waals surface area contributed by atoms with Gasteiger partial charge in [-0.1, -0.05) is 12.1 Å². The lowest BCUT2D eigenvalue weighted by Crippen LogP contribution is -2.36. The Balaban J connectivity index is 1.24. The van der Waals surface area contributed by atoms with Crippen molar-refractivity contribution in [2.24, 2.45) is 0 Å². The van der Waals surface area contributed by atoms with Gasteiger partial charge in [0.2, 0.25) is 0 Å². The molecule has 0 saturated carbocycles. The summed E-state index contributed by atoms with van der Waals surface area (Å²) >= 11 is 0. The van der Waals surface area contributed by atoms with E-state index < -0.39 is 0 Å². The molecule has 34 heavy (non-hydrogen) atoms. The van der Waals surface area contributed by atoms with Crippen LogP contribution in [0, 0.1) is 0 Å². The number of pyridine rings is 3. The summed E-state index contributed by atoms with van der Waals surface area (Å²) in [6.07, 6.45) is 7.58. The van der Waals surface area contributed by atoms with Crippen molar-refractivity contribution in [3.05, 3.63) is 89.5 Å². The molecule has 4 heterocycles.